The van der Waals surface area contributed by atoms with Crippen LogP contribution in [0.3, 0.4) is 0 Å². The zero-order valence-corrected chi connectivity index (χ0v) is 8.50. The lowest BCUT2D eigenvalue weighted by Crippen LogP contribution is -2.34. The van der Waals surface area contributed by atoms with Crippen LogP contribution in [0.25, 0.3) is 0 Å². The quantitative estimate of drug-likeness (QED) is 0.587. The van der Waals surface area contributed by atoms with E-state index in [9.17, 15) is 4.79 Å². The SMILES string of the molecule is CC(C)NCCNC(=O)c1ccn[nH]1. The second kappa shape index (κ2) is 5.39. The number of amides is 1. The summed E-state index contributed by atoms with van der Waals surface area (Å²) >= 11 is 0. The normalized spacial score (nSPS) is 10.5. The summed E-state index contributed by atoms with van der Waals surface area (Å²) in [5, 5.41) is 12.3. The second-order valence-corrected chi connectivity index (χ2v) is 3.34. The molecule has 0 bridgehead atoms. The van der Waals surface area contributed by atoms with Crippen molar-refractivity contribution in [3.8, 4) is 0 Å². The number of hydrogen-bond acceptors (Lipinski definition) is 3. The largest absolute Gasteiger partial charge is 0.349 e. The highest BCUT2D eigenvalue weighted by atomic mass is 16.1. The predicted octanol–water partition coefficient (Wildman–Crippen LogP) is 0.137. The Morgan fingerprint density at radius 2 is 2.36 bits per heavy atom. The van der Waals surface area contributed by atoms with Gasteiger partial charge < -0.3 is 10.6 Å². The molecule has 0 aliphatic carbocycles. The third kappa shape index (κ3) is 3.57. The molecule has 14 heavy (non-hydrogen) atoms. The monoisotopic (exact) mass is 196 g/mol. The van der Waals surface area contributed by atoms with E-state index in [0.717, 1.165) is 6.54 Å². The summed E-state index contributed by atoms with van der Waals surface area (Å²) in [6.07, 6.45) is 1.56. The third-order valence-electron chi connectivity index (χ3n) is 1.71. The number of carbonyl (C=O) groups excluding carboxylic acids is 1. The number of rotatable bonds is 5. The van der Waals surface area contributed by atoms with Crippen molar-refractivity contribution >= 4 is 5.91 Å². The van der Waals surface area contributed by atoms with Crippen molar-refractivity contribution in [3.05, 3.63) is 18.0 Å². The number of nitrogens with zero attached hydrogens (tertiary/aromatic N) is 1. The summed E-state index contributed by atoms with van der Waals surface area (Å²) in [7, 11) is 0. The molecule has 0 saturated heterocycles. The van der Waals surface area contributed by atoms with Crippen LogP contribution in [-0.2, 0) is 0 Å². The lowest BCUT2D eigenvalue weighted by molar-refractivity contribution is 0.0948. The molecule has 0 aliphatic heterocycles. The standard InChI is InChI=1S/C9H16N4O/c1-7(2)10-5-6-11-9(14)8-3-4-12-13-8/h3-4,7,10H,5-6H2,1-2H3,(H,11,14)(H,12,13). The van der Waals surface area contributed by atoms with Gasteiger partial charge in [-0.25, -0.2) is 0 Å². The lowest BCUT2D eigenvalue weighted by Gasteiger charge is -2.08. The molecule has 3 N–H and O–H groups in total. The molecular formula is C9H16N4O. The van der Waals surface area contributed by atoms with Gasteiger partial charge in [0, 0.05) is 25.3 Å². The van der Waals surface area contributed by atoms with Crippen LogP contribution in [-0.4, -0.2) is 35.2 Å². The van der Waals surface area contributed by atoms with Gasteiger partial charge in [0.05, 0.1) is 0 Å². The Balaban J connectivity index is 2.16. The molecule has 1 rings (SSSR count). The minimum absolute atomic E-state index is 0.118. The van der Waals surface area contributed by atoms with E-state index in [1.165, 1.54) is 0 Å². The number of aromatic nitrogens is 2. The van der Waals surface area contributed by atoms with E-state index >= 15 is 0 Å². The molecule has 0 saturated carbocycles. The van der Waals surface area contributed by atoms with Gasteiger partial charge in [-0.1, -0.05) is 13.8 Å². The van der Waals surface area contributed by atoms with Crippen molar-refractivity contribution in [1.29, 1.82) is 0 Å². The van der Waals surface area contributed by atoms with Gasteiger partial charge in [-0.05, 0) is 6.07 Å². The molecule has 0 fully saturated rings. The first-order valence-corrected chi connectivity index (χ1v) is 4.71. The van der Waals surface area contributed by atoms with Crippen LogP contribution in [0.2, 0.25) is 0 Å². The van der Waals surface area contributed by atoms with Crippen LogP contribution in [0, 0.1) is 0 Å². The summed E-state index contributed by atoms with van der Waals surface area (Å²) in [5.41, 5.74) is 0.495. The number of H-pyrrole nitrogens is 1. The maximum absolute atomic E-state index is 11.3. The Hall–Kier alpha value is -1.36. The Labute approximate surface area is 83.3 Å². The van der Waals surface area contributed by atoms with E-state index in [1.54, 1.807) is 12.3 Å². The van der Waals surface area contributed by atoms with Gasteiger partial charge in [0.1, 0.15) is 5.69 Å². The summed E-state index contributed by atoms with van der Waals surface area (Å²) in [4.78, 5) is 11.3. The van der Waals surface area contributed by atoms with Crippen molar-refractivity contribution in [1.82, 2.24) is 20.8 Å². The maximum atomic E-state index is 11.3. The van der Waals surface area contributed by atoms with Gasteiger partial charge in [-0.3, -0.25) is 9.89 Å². The van der Waals surface area contributed by atoms with Crippen LogP contribution < -0.4 is 10.6 Å². The van der Waals surface area contributed by atoms with Crippen LogP contribution >= 0.6 is 0 Å². The zero-order chi connectivity index (χ0) is 10.4. The Morgan fingerprint density at radius 1 is 1.57 bits per heavy atom. The van der Waals surface area contributed by atoms with Gasteiger partial charge in [-0.15, -0.1) is 0 Å². The highest BCUT2D eigenvalue weighted by molar-refractivity contribution is 5.92. The lowest BCUT2D eigenvalue weighted by atomic mass is 10.4. The van der Waals surface area contributed by atoms with Gasteiger partial charge in [0.25, 0.3) is 5.91 Å². The molecule has 78 valence electrons. The molecule has 0 unspecified atom stereocenters. The topological polar surface area (TPSA) is 69.8 Å². The smallest absolute Gasteiger partial charge is 0.269 e. The van der Waals surface area contributed by atoms with Crippen molar-refractivity contribution in [2.45, 2.75) is 19.9 Å². The highest BCUT2D eigenvalue weighted by Gasteiger charge is 2.04. The van der Waals surface area contributed by atoms with Gasteiger partial charge in [0.2, 0.25) is 0 Å². The summed E-state index contributed by atoms with van der Waals surface area (Å²) < 4.78 is 0. The molecule has 5 nitrogen and oxygen atoms in total. The van der Waals surface area contributed by atoms with Gasteiger partial charge >= 0.3 is 0 Å². The number of carbonyl (C=O) groups is 1. The molecule has 1 aromatic heterocycles. The number of hydrogen-bond donors (Lipinski definition) is 3. The first-order chi connectivity index (χ1) is 6.70. The Morgan fingerprint density at radius 3 is 2.93 bits per heavy atom. The molecule has 0 atom stereocenters. The van der Waals surface area contributed by atoms with E-state index in [0.29, 0.717) is 18.3 Å². The molecule has 5 heteroatoms. The Kier molecular flexibility index (Phi) is 4.12. The fourth-order valence-electron chi connectivity index (χ4n) is 1.01. The highest BCUT2D eigenvalue weighted by Crippen LogP contribution is 1.89. The van der Waals surface area contributed by atoms with Crippen LogP contribution in [0.4, 0.5) is 0 Å². The van der Waals surface area contributed by atoms with Gasteiger partial charge in [-0.2, -0.15) is 5.10 Å². The van der Waals surface area contributed by atoms with Crippen LogP contribution in [0.15, 0.2) is 12.3 Å². The van der Waals surface area contributed by atoms with E-state index in [1.807, 2.05) is 0 Å². The molecule has 1 amide bonds. The van der Waals surface area contributed by atoms with E-state index < -0.39 is 0 Å². The van der Waals surface area contributed by atoms with Crippen molar-refractivity contribution in [2.24, 2.45) is 0 Å². The fraction of sp³-hybridized carbons (Fsp3) is 0.556. The van der Waals surface area contributed by atoms with E-state index in [4.69, 9.17) is 0 Å². The predicted molar refractivity (Wildman–Crippen MR) is 54.1 cm³/mol. The molecular weight excluding hydrogens is 180 g/mol. The zero-order valence-electron chi connectivity index (χ0n) is 8.50. The molecule has 1 heterocycles. The number of nitrogens with one attached hydrogen (secondary N) is 3. The van der Waals surface area contributed by atoms with Crippen molar-refractivity contribution in [2.75, 3.05) is 13.1 Å². The summed E-state index contributed by atoms with van der Waals surface area (Å²) in [6.45, 7) is 5.53. The maximum Gasteiger partial charge on any atom is 0.269 e. The van der Waals surface area contributed by atoms with Crippen LogP contribution in [0.1, 0.15) is 24.3 Å². The van der Waals surface area contributed by atoms with Gasteiger partial charge in [0.15, 0.2) is 0 Å². The molecule has 0 spiro atoms. The number of aromatic amines is 1. The Bertz CT molecular complexity index is 268. The second-order valence-electron chi connectivity index (χ2n) is 3.34. The third-order valence-corrected chi connectivity index (χ3v) is 1.71. The minimum atomic E-state index is -0.118. The fourth-order valence-corrected chi connectivity index (χ4v) is 1.01. The summed E-state index contributed by atoms with van der Waals surface area (Å²) in [6, 6.07) is 2.09. The van der Waals surface area contributed by atoms with Crippen LogP contribution in [0.5, 0.6) is 0 Å². The molecule has 0 aromatic carbocycles. The average molecular weight is 196 g/mol. The first-order valence-electron chi connectivity index (χ1n) is 4.71. The van der Waals surface area contributed by atoms with Crippen molar-refractivity contribution < 1.29 is 4.79 Å². The van der Waals surface area contributed by atoms with E-state index in [-0.39, 0.29) is 5.91 Å². The molecule has 0 radical (unpaired) electrons. The van der Waals surface area contributed by atoms with Crippen molar-refractivity contribution in [3.63, 3.8) is 0 Å². The van der Waals surface area contributed by atoms with E-state index in [2.05, 4.69) is 34.7 Å². The summed E-state index contributed by atoms with van der Waals surface area (Å²) in [5.74, 6) is -0.118. The molecule has 0 aliphatic rings. The molecule has 1 aromatic rings. The minimum Gasteiger partial charge on any atom is -0.349 e. The average Bonchev–Trinajstić information content (AvgIpc) is 2.64. The first kappa shape index (κ1) is 10.7.